The molecule has 102 valence electrons. The molecule has 19 heavy (non-hydrogen) atoms. The molecule has 0 spiro atoms. The molecule has 1 fully saturated rings. The van der Waals surface area contributed by atoms with Gasteiger partial charge in [0.15, 0.2) is 0 Å². The lowest BCUT2D eigenvalue weighted by atomic mass is 9.77. The number of aryl methyl sites for hydroxylation is 1. The van der Waals surface area contributed by atoms with Gasteiger partial charge in [0.05, 0.1) is 17.1 Å². The largest absolute Gasteiger partial charge is 0.394 e. The number of amides is 1. The quantitative estimate of drug-likeness (QED) is 0.637. The molecule has 2 N–H and O–H groups in total. The van der Waals surface area contributed by atoms with E-state index >= 15 is 0 Å². The maximum atomic E-state index is 12.1. The zero-order valence-corrected chi connectivity index (χ0v) is 10.7. The van der Waals surface area contributed by atoms with Crippen molar-refractivity contribution < 1.29 is 14.8 Å². The molecule has 1 aliphatic carbocycles. The lowest BCUT2D eigenvalue weighted by molar-refractivity contribution is -0.385. The van der Waals surface area contributed by atoms with Crippen molar-refractivity contribution in [3.05, 3.63) is 39.4 Å². The van der Waals surface area contributed by atoms with E-state index in [1.54, 1.807) is 6.92 Å². The Morgan fingerprint density at radius 1 is 1.53 bits per heavy atom. The van der Waals surface area contributed by atoms with Crippen LogP contribution in [0, 0.1) is 17.0 Å². The average molecular weight is 264 g/mol. The SMILES string of the molecule is Cc1cc(C(=O)NC2(CO)CCC2)ccc1[N+](=O)[O-]. The van der Waals surface area contributed by atoms with E-state index in [2.05, 4.69) is 5.32 Å². The Hall–Kier alpha value is -1.95. The summed E-state index contributed by atoms with van der Waals surface area (Å²) < 4.78 is 0. The molecule has 1 aromatic rings. The van der Waals surface area contributed by atoms with Crippen LogP contribution in [0.2, 0.25) is 0 Å². The third-order valence-electron chi connectivity index (χ3n) is 3.65. The second kappa shape index (κ2) is 4.97. The number of nitro benzene ring substituents is 1. The Morgan fingerprint density at radius 3 is 2.63 bits per heavy atom. The highest BCUT2D eigenvalue weighted by Gasteiger charge is 2.37. The Balaban J connectivity index is 2.16. The number of benzene rings is 1. The van der Waals surface area contributed by atoms with Gasteiger partial charge in [-0.15, -0.1) is 0 Å². The molecule has 0 aliphatic heterocycles. The van der Waals surface area contributed by atoms with Gasteiger partial charge in [0, 0.05) is 17.2 Å². The first-order chi connectivity index (χ1) is 8.97. The van der Waals surface area contributed by atoms with Crippen LogP contribution in [0.25, 0.3) is 0 Å². The van der Waals surface area contributed by atoms with E-state index in [4.69, 9.17) is 0 Å². The maximum absolute atomic E-state index is 12.1. The Kier molecular flexibility index (Phi) is 3.53. The summed E-state index contributed by atoms with van der Waals surface area (Å²) in [4.78, 5) is 22.3. The Bertz CT molecular complexity index is 518. The number of carbonyl (C=O) groups excluding carboxylic acids is 1. The smallest absolute Gasteiger partial charge is 0.272 e. The van der Waals surface area contributed by atoms with E-state index in [1.807, 2.05) is 0 Å². The summed E-state index contributed by atoms with van der Waals surface area (Å²) in [6.07, 6.45) is 2.52. The predicted molar refractivity (Wildman–Crippen MR) is 69.0 cm³/mol. The van der Waals surface area contributed by atoms with Crippen LogP contribution < -0.4 is 5.32 Å². The van der Waals surface area contributed by atoms with Crippen LogP contribution in [-0.4, -0.2) is 28.1 Å². The van der Waals surface area contributed by atoms with Crippen LogP contribution in [-0.2, 0) is 0 Å². The molecule has 0 atom stereocenters. The summed E-state index contributed by atoms with van der Waals surface area (Å²) in [6.45, 7) is 1.52. The van der Waals surface area contributed by atoms with Gasteiger partial charge in [-0.1, -0.05) is 0 Å². The van der Waals surface area contributed by atoms with Crippen LogP contribution in [0.4, 0.5) is 5.69 Å². The van der Waals surface area contributed by atoms with Crippen molar-refractivity contribution in [1.29, 1.82) is 0 Å². The molecule has 6 nitrogen and oxygen atoms in total. The van der Waals surface area contributed by atoms with Gasteiger partial charge in [0.25, 0.3) is 11.6 Å². The van der Waals surface area contributed by atoms with Gasteiger partial charge >= 0.3 is 0 Å². The normalized spacial score (nSPS) is 16.5. The van der Waals surface area contributed by atoms with Gasteiger partial charge in [-0.05, 0) is 38.3 Å². The van der Waals surface area contributed by atoms with Crippen LogP contribution in [0.5, 0.6) is 0 Å². The topological polar surface area (TPSA) is 92.5 Å². The Labute approximate surface area is 110 Å². The van der Waals surface area contributed by atoms with Crippen molar-refractivity contribution in [3.63, 3.8) is 0 Å². The van der Waals surface area contributed by atoms with E-state index in [9.17, 15) is 20.0 Å². The monoisotopic (exact) mass is 264 g/mol. The van der Waals surface area contributed by atoms with Crippen molar-refractivity contribution in [1.82, 2.24) is 5.32 Å². The van der Waals surface area contributed by atoms with Gasteiger partial charge in [0.2, 0.25) is 0 Å². The van der Waals surface area contributed by atoms with Crippen LogP contribution in [0.15, 0.2) is 18.2 Å². The van der Waals surface area contributed by atoms with Gasteiger partial charge in [-0.3, -0.25) is 14.9 Å². The highest BCUT2D eigenvalue weighted by atomic mass is 16.6. The minimum atomic E-state index is -0.507. The number of nitro groups is 1. The summed E-state index contributed by atoms with van der Waals surface area (Å²) in [5, 5.41) is 22.8. The number of nitrogens with one attached hydrogen (secondary N) is 1. The lowest BCUT2D eigenvalue weighted by Crippen LogP contribution is -2.56. The fourth-order valence-electron chi connectivity index (χ4n) is 2.24. The van der Waals surface area contributed by atoms with Crippen molar-refractivity contribution in [3.8, 4) is 0 Å². The number of aliphatic hydroxyl groups is 1. The van der Waals surface area contributed by atoms with E-state index in [1.165, 1.54) is 18.2 Å². The first-order valence-corrected chi connectivity index (χ1v) is 6.16. The van der Waals surface area contributed by atoms with E-state index in [-0.39, 0.29) is 18.2 Å². The second-order valence-electron chi connectivity index (χ2n) is 5.00. The summed E-state index contributed by atoms with van der Waals surface area (Å²) in [7, 11) is 0. The first kappa shape index (κ1) is 13.5. The van der Waals surface area contributed by atoms with E-state index in [0.717, 1.165) is 19.3 Å². The van der Waals surface area contributed by atoms with Gasteiger partial charge in [-0.2, -0.15) is 0 Å². The van der Waals surface area contributed by atoms with Gasteiger partial charge in [-0.25, -0.2) is 0 Å². The van der Waals surface area contributed by atoms with Crippen molar-refractivity contribution in [2.24, 2.45) is 0 Å². The second-order valence-corrected chi connectivity index (χ2v) is 5.00. The summed E-state index contributed by atoms with van der Waals surface area (Å²) in [5.41, 5.74) is 0.316. The summed E-state index contributed by atoms with van der Waals surface area (Å²) >= 11 is 0. The number of nitrogens with zero attached hydrogens (tertiary/aromatic N) is 1. The predicted octanol–water partition coefficient (Wildman–Crippen LogP) is 1.55. The molecule has 1 aliphatic rings. The number of hydrogen-bond acceptors (Lipinski definition) is 4. The van der Waals surface area contributed by atoms with Crippen molar-refractivity contribution >= 4 is 11.6 Å². The molecule has 1 saturated carbocycles. The minimum Gasteiger partial charge on any atom is -0.394 e. The van der Waals surface area contributed by atoms with Crippen LogP contribution >= 0.6 is 0 Å². The molecule has 6 heteroatoms. The molecule has 1 aromatic carbocycles. The summed E-state index contributed by atoms with van der Waals surface area (Å²) in [6, 6.07) is 4.26. The zero-order valence-electron chi connectivity index (χ0n) is 10.7. The zero-order chi connectivity index (χ0) is 14.0. The molecular formula is C13H16N2O4. The van der Waals surface area contributed by atoms with Crippen molar-refractivity contribution in [2.75, 3.05) is 6.61 Å². The third kappa shape index (κ3) is 2.58. The standard InChI is InChI=1S/C13H16N2O4/c1-9-7-10(3-4-11(9)15(18)19)12(17)14-13(8-16)5-2-6-13/h3-4,7,16H,2,5-6,8H2,1H3,(H,14,17). The van der Waals surface area contributed by atoms with Crippen LogP contribution in [0.3, 0.4) is 0 Å². The first-order valence-electron chi connectivity index (χ1n) is 6.16. The average Bonchev–Trinajstić information content (AvgIpc) is 2.33. The third-order valence-corrected chi connectivity index (χ3v) is 3.65. The molecule has 0 bridgehead atoms. The number of aliphatic hydroxyl groups excluding tert-OH is 1. The molecule has 1 amide bonds. The number of carbonyl (C=O) groups is 1. The van der Waals surface area contributed by atoms with Gasteiger partial charge in [0.1, 0.15) is 0 Å². The molecular weight excluding hydrogens is 248 g/mol. The molecule has 0 unspecified atom stereocenters. The molecule has 0 radical (unpaired) electrons. The molecule has 0 heterocycles. The van der Waals surface area contributed by atoms with E-state index in [0.29, 0.717) is 11.1 Å². The fraction of sp³-hybridized carbons (Fsp3) is 0.462. The molecule has 2 rings (SSSR count). The Morgan fingerprint density at radius 2 is 2.21 bits per heavy atom. The minimum absolute atomic E-state index is 0.00272. The highest BCUT2D eigenvalue weighted by Crippen LogP contribution is 2.31. The molecule has 0 aromatic heterocycles. The number of rotatable bonds is 4. The van der Waals surface area contributed by atoms with Crippen molar-refractivity contribution in [2.45, 2.75) is 31.7 Å². The maximum Gasteiger partial charge on any atom is 0.272 e. The molecule has 0 saturated heterocycles. The highest BCUT2D eigenvalue weighted by molar-refractivity contribution is 5.95. The number of hydrogen-bond donors (Lipinski definition) is 2. The summed E-state index contributed by atoms with van der Waals surface area (Å²) in [5.74, 6) is -0.299. The lowest BCUT2D eigenvalue weighted by Gasteiger charge is -2.40. The fourth-order valence-corrected chi connectivity index (χ4v) is 2.24. The van der Waals surface area contributed by atoms with Crippen LogP contribution in [0.1, 0.15) is 35.2 Å². The van der Waals surface area contributed by atoms with E-state index < -0.39 is 10.5 Å². The van der Waals surface area contributed by atoms with Gasteiger partial charge < -0.3 is 10.4 Å².